The summed E-state index contributed by atoms with van der Waals surface area (Å²) in [5.74, 6) is -0.957. The van der Waals surface area contributed by atoms with E-state index in [0.29, 0.717) is 44.7 Å². The van der Waals surface area contributed by atoms with Gasteiger partial charge in [-0.05, 0) is 30.2 Å². The second-order valence-electron chi connectivity index (χ2n) is 7.29. The first-order valence-corrected chi connectivity index (χ1v) is 10.0. The van der Waals surface area contributed by atoms with Gasteiger partial charge in [0.1, 0.15) is 5.69 Å². The van der Waals surface area contributed by atoms with Crippen LogP contribution in [0.4, 0.5) is 5.69 Å². The molecule has 0 atom stereocenters. The van der Waals surface area contributed by atoms with Crippen LogP contribution in [0, 0.1) is 0 Å². The summed E-state index contributed by atoms with van der Waals surface area (Å²) in [7, 11) is 0. The lowest BCUT2D eigenvalue weighted by Gasteiger charge is -2.37. The predicted molar refractivity (Wildman–Crippen MR) is 108 cm³/mol. The van der Waals surface area contributed by atoms with Crippen molar-refractivity contribution in [3.63, 3.8) is 0 Å². The molecule has 0 radical (unpaired) electrons. The zero-order chi connectivity index (χ0) is 20.3. The van der Waals surface area contributed by atoms with E-state index in [1.165, 1.54) is 6.20 Å². The lowest BCUT2D eigenvalue weighted by molar-refractivity contribution is -0.181. The molecular formula is C22H25N3O4. The minimum absolute atomic E-state index is 0.108. The lowest BCUT2D eigenvalue weighted by atomic mass is 10.0. The van der Waals surface area contributed by atoms with Gasteiger partial charge in [0.25, 0.3) is 11.8 Å². The summed E-state index contributed by atoms with van der Waals surface area (Å²) in [6.45, 7) is 4.38. The zero-order valence-electron chi connectivity index (χ0n) is 16.5. The van der Waals surface area contributed by atoms with Crippen LogP contribution in [0.5, 0.6) is 0 Å². The van der Waals surface area contributed by atoms with E-state index in [4.69, 9.17) is 9.47 Å². The molecule has 2 fully saturated rings. The number of likely N-dealkylation sites (tertiary alicyclic amines) is 1. The van der Waals surface area contributed by atoms with Crippen LogP contribution in [-0.4, -0.2) is 53.8 Å². The van der Waals surface area contributed by atoms with Crippen LogP contribution < -0.4 is 5.32 Å². The highest BCUT2D eigenvalue weighted by Crippen LogP contribution is 2.31. The van der Waals surface area contributed by atoms with E-state index in [1.54, 1.807) is 17.0 Å². The first-order chi connectivity index (χ1) is 14.1. The Morgan fingerprint density at radius 3 is 2.59 bits per heavy atom. The van der Waals surface area contributed by atoms with Gasteiger partial charge < -0.3 is 19.7 Å². The summed E-state index contributed by atoms with van der Waals surface area (Å²) in [5.41, 5.74) is 2.49. The number of rotatable bonds is 4. The Kier molecular flexibility index (Phi) is 5.60. The van der Waals surface area contributed by atoms with E-state index < -0.39 is 5.79 Å². The van der Waals surface area contributed by atoms with E-state index in [9.17, 15) is 9.59 Å². The van der Waals surface area contributed by atoms with Gasteiger partial charge in [-0.25, -0.2) is 0 Å². The highest BCUT2D eigenvalue weighted by atomic mass is 16.7. The molecule has 2 amide bonds. The Morgan fingerprint density at radius 2 is 1.86 bits per heavy atom. The summed E-state index contributed by atoms with van der Waals surface area (Å²) in [5, 5.41) is 2.90. The number of amides is 2. The van der Waals surface area contributed by atoms with Gasteiger partial charge in [-0.1, -0.05) is 25.1 Å². The van der Waals surface area contributed by atoms with E-state index in [0.717, 1.165) is 17.7 Å². The van der Waals surface area contributed by atoms with Crippen molar-refractivity contribution in [2.45, 2.75) is 32.0 Å². The fourth-order valence-electron chi connectivity index (χ4n) is 3.84. The first kappa shape index (κ1) is 19.5. The fraction of sp³-hybridized carbons (Fsp3) is 0.409. The van der Waals surface area contributed by atoms with Crippen LogP contribution in [0.25, 0.3) is 0 Å². The number of aromatic nitrogens is 1. The third-order valence-electron chi connectivity index (χ3n) is 5.51. The number of anilines is 1. The molecule has 2 aliphatic rings. The van der Waals surface area contributed by atoms with Crippen molar-refractivity contribution in [3.05, 3.63) is 59.4 Å². The molecule has 2 aliphatic heterocycles. The molecule has 3 heterocycles. The molecule has 0 unspecified atom stereocenters. The predicted octanol–water partition coefficient (Wildman–Crippen LogP) is 2.88. The van der Waals surface area contributed by atoms with Gasteiger partial charge in [-0.2, -0.15) is 0 Å². The van der Waals surface area contributed by atoms with Crippen molar-refractivity contribution in [2.24, 2.45) is 0 Å². The first-order valence-electron chi connectivity index (χ1n) is 10.0. The van der Waals surface area contributed by atoms with Crippen molar-refractivity contribution in [1.82, 2.24) is 9.88 Å². The molecule has 0 saturated carbocycles. The van der Waals surface area contributed by atoms with Gasteiger partial charge >= 0.3 is 0 Å². The smallest absolute Gasteiger partial charge is 0.274 e. The second kappa shape index (κ2) is 8.31. The van der Waals surface area contributed by atoms with E-state index in [2.05, 4.69) is 10.3 Å². The van der Waals surface area contributed by atoms with Crippen molar-refractivity contribution in [2.75, 3.05) is 31.6 Å². The number of aryl methyl sites for hydroxylation is 1. The summed E-state index contributed by atoms with van der Waals surface area (Å²) in [4.78, 5) is 31.5. The standard InChI is InChI=1S/C22H25N3O4/c1-2-16-5-3-4-6-18(16)24-20(26)19-15-17(7-10-23-19)21(27)25-11-8-22(9-12-25)28-13-14-29-22/h3-7,10,15H,2,8-9,11-14H2,1H3,(H,24,26). The molecule has 2 saturated heterocycles. The Balaban J connectivity index is 1.44. The van der Waals surface area contributed by atoms with Gasteiger partial charge in [-0.15, -0.1) is 0 Å². The van der Waals surface area contributed by atoms with Gasteiger partial charge in [0.2, 0.25) is 0 Å². The molecule has 0 aliphatic carbocycles. The highest BCUT2D eigenvalue weighted by molar-refractivity contribution is 6.05. The molecule has 1 N–H and O–H groups in total. The Bertz CT molecular complexity index is 898. The Labute approximate surface area is 170 Å². The molecule has 1 spiro atoms. The fourth-order valence-corrected chi connectivity index (χ4v) is 3.84. The lowest BCUT2D eigenvalue weighted by Crippen LogP contribution is -2.47. The molecule has 7 heteroatoms. The molecule has 1 aromatic heterocycles. The number of hydrogen-bond donors (Lipinski definition) is 1. The SMILES string of the molecule is CCc1ccccc1NC(=O)c1cc(C(=O)N2CCC3(CC2)OCCO3)ccn1. The van der Waals surface area contributed by atoms with Crippen LogP contribution in [0.3, 0.4) is 0 Å². The Hall–Kier alpha value is -2.77. The number of carbonyl (C=O) groups is 2. The van der Waals surface area contributed by atoms with E-state index in [1.807, 2.05) is 31.2 Å². The van der Waals surface area contributed by atoms with Gasteiger partial charge in [0, 0.05) is 43.4 Å². The van der Waals surface area contributed by atoms with Crippen LogP contribution in [0.2, 0.25) is 0 Å². The molecule has 152 valence electrons. The number of pyridine rings is 1. The largest absolute Gasteiger partial charge is 0.347 e. The summed E-state index contributed by atoms with van der Waals surface area (Å²) in [6, 6.07) is 10.9. The van der Waals surface area contributed by atoms with Crippen LogP contribution in [0.1, 0.15) is 46.2 Å². The maximum Gasteiger partial charge on any atom is 0.274 e. The topological polar surface area (TPSA) is 80.8 Å². The number of benzene rings is 1. The third kappa shape index (κ3) is 4.16. The third-order valence-corrected chi connectivity index (χ3v) is 5.51. The quantitative estimate of drug-likeness (QED) is 0.861. The number of hydrogen-bond acceptors (Lipinski definition) is 5. The molecule has 7 nitrogen and oxygen atoms in total. The average Bonchev–Trinajstić information content (AvgIpc) is 3.22. The molecule has 29 heavy (non-hydrogen) atoms. The maximum atomic E-state index is 12.9. The Morgan fingerprint density at radius 1 is 1.14 bits per heavy atom. The molecular weight excluding hydrogens is 370 g/mol. The number of piperidine rings is 1. The minimum atomic E-state index is -0.521. The van der Waals surface area contributed by atoms with E-state index in [-0.39, 0.29) is 17.5 Å². The second-order valence-corrected chi connectivity index (χ2v) is 7.29. The van der Waals surface area contributed by atoms with Crippen molar-refractivity contribution in [3.8, 4) is 0 Å². The summed E-state index contributed by atoms with van der Waals surface area (Å²) in [6.07, 6.45) is 3.63. The summed E-state index contributed by atoms with van der Waals surface area (Å²) < 4.78 is 11.4. The van der Waals surface area contributed by atoms with Gasteiger partial charge in [-0.3, -0.25) is 14.6 Å². The van der Waals surface area contributed by atoms with Crippen LogP contribution >= 0.6 is 0 Å². The van der Waals surface area contributed by atoms with Gasteiger partial charge in [0.05, 0.1) is 13.2 Å². The van der Waals surface area contributed by atoms with Crippen molar-refractivity contribution >= 4 is 17.5 Å². The maximum absolute atomic E-state index is 12.9. The molecule has 1 aromatic carbocycles. The minimum Gasteiger partial charge on any atom is -0.347 e. The number of ether oxygens (including phenoxy) is 2. The average molecular weight is 395 g/mol. The highest BCUT2D eigenvalue weighted by Gasteiger charge is 2.40. The molecule has 0 bridgehead atoms. The number of carbonyl (C=O) groups excluding carboxylic acids is 2. The zero-order valence-corrected chi connectivity index (χ0v) is 16.5. The number of nitrogens with zero attached hydrogens (tertiary/aromatic N) is 2. The number of para-hydroxylation sites is 1. The summed E-state index contributed by atoms with van der Waals surface area (Å²) >= 11 is 0. The monoisotopic (exact) mass is 395 g/mol. The van der Waals surface area contributed by atoms with Crippen LogP contribution in [0.15, 0.2) is 42.6 Å². The molecule has 4 rings (SSSR count). The van der Waals surface area contributed by atoms with E-state index >= 15 is 0 Å². The van der Waals surface area contributed by atoms with Crippen molar-refractivity contribution in [1.29, 1.82) is 0 Å². The number of nitrogens with one attached hydrogen (secondary N) is 1. The van der Waals surface area contributed by atoms with Crippen molar-refractivity contribution < 1.29 is 19.1 Å². The molecule has 2 aromatic rings. The van der Waals surface area contributed by atoms with Crippen LogP contribution in [-0.2, 0) is 15.9 Å². The van der Waals surface area contributed by atoms with Gasteiger partial charge in [0.15, 0.2) is 5.79 Å². The normalized spacial score (nSPS) is 18.0.